The van der Waals surface area contributed by atoms with Crippen molar-refractivity contribution in [2.45, 2.75) is 24.9 Å². The molecule has 1 amide bonds. The summed E-state index contributed by atoms with van der Waals surface area (Å²) in [5.41, 5.74) is 0.683. The van der Waals surface area contributed by atoms with Gasteiger partial charge < -0.3 is 15.5 Å². The van der Waals surface area contributed by atoms with Gasteiger partial charge in [0.25, 0.3) is 5.91 Å². The van der Waals surface area contributed by atoms with E-state index in [9.17, 15) is 4.79 Å². The second-order valence-electron chi connectivity index (χ2n) is 6.04. The van der Waals surface area contributed by atoms with Gasteiger partial charge in [-0.15, -0.1) is 0 Å². The standard InChI is InChI=1S/C16H19N3O2S/c20-16(18-15-9-11-8-14(15)17-10-11)12-2-4-13(5-3-12)21-19-6-1-7-22-19/h1-5,7,11,14-15,17H,6,8-10H2,(H,18,20). The van der Waals surface area contributed by atoms with Gasteiger partial charge in [-0.05, 0) is 66.9 Å². The van der Waals surface area contributed by atoms with E-state index in [-0.39, 0.29) is 11.9 Å². The van der Waals surface area contributed by atoms with Crippen molar-refractivity contribution in [3.05, 3.63) is 41.3 Å². The number of nitrogens with zero attached hydrogens (tertiary/aromatic N) is 1. The van der Waals surface area contributed by atoms with E-state index in [4.69, 9.17) is 4.84 Å². The van der Waals surface area contributed by atoms with Gasteiger partial charge in [-0.25, -0.2) is 0 Å². The molecule has 1 aromatic rings. The van der Waals surface area contributed by atoms with Gasteiger partial charge in [0.2, 0.25) is 0 Å². The molecule has 1 saturated heterocycles. The number of hydroxylamine groups is 1. The summed E-state index contributed by atoms with van der Waals surface area (Å²) in [5.74, 6) is 1.48. The van der Waals surface area contributed by atoms with Gasteiger partial charge in [-0.2, -0.15) is 0 Å². The van der Waals surface area contributed by atoms with Crippen LogP contribution in [0, 0.1) is 5.92 Å². The number of hydrogen-bond donors (Lipinski definition) is 2. The zero-order chi connectivity index (χ0) is 14.9. The van der Waals surface area contributed by atoms with Gasteiger partial charge in [0.1, 0.15) is 5.75 Å². The van der Waals surface area contributed by atoms with Crippen LogP contribution in [0.2, 0.25) is 0 Å². The molecule has 1 aromatic carbocycles. The van der Waals surface area contributed by atoms with E-state index in [0.29, 0.717) is 11.6 Å². The Bertz CT molecular complexity index is 582. The molecule has 2 aliphatic heterocycles. The van der Waals surface area contributed by atoms with Crippen LogP contribution in [0.15, 0.2) is 35.7 Å². The number of fused-ring (bicyclic) bond motifs is 2. The predicted molar refractivity (Wildman–Crippen MR) is 86.3 cm³/mol. The summed E-state index contributed by atoms with van der Waals surface area (Å²) in [5, 5.41) is 8.61. The van der Waals surface area contributed by atoms with Gasteiger partial charge in [0.05, 0.1) is 6.54 Å². The van der Waals surface area contributed by atoms with Gasteiger partial charge >= 0.3 is 0 Å². The van der Waals surface area contributed by atoms with Gasteiger partial charge in [0, 0.05) is 17.6 Å². The lowest BCUT2D eigenvalue weighted by molar-refractivity contribution is 0.0663. The number of amides is 1. The Hall–Kier alpha value is -1.50. The number of piperidine rings is 1. The fourth-order valence-corrected chi connectivity index (χ4v) is 4.00. The first-order chi connectivity index (χ1) is 10.8. The summed E-state index contributed by atoms with van der Waals surface area (Å²) < 4.78 is 1.79. The molecule has 1 saturated carbocycles. The fraction of sp³-hybridized carbons (Fsp3) is 0.438. The second-order valence-corrected chi connectivity index (χ2v) is 6.93. The van der Waals surface area contributed by atoms with Crippen LogP contribution < -0.4 is 15.5 Å². The summed E-state index contributed by atoms with van der Waals surface area (Å²) in [4.78, 5) is 18.0. The normalized spacial score (nSPS) is 29.9. The third-order valence-corrected chi connectivity index (χ3v) is 5.27. The Morgan fingerprint density at radius 1 is 1.32 bits per heavy atom. The second kappa shape index (κ2) is 5.95. The lowest BCUT2D eigenvalue weighted by Crippen LogP contribution is -2.47. The molecule has 3 aliphatic rings. The van der Waals surface area contributed by atoms with Gasteiger partial charge in [0.15, 0.2) is 0 Å². The van der Waals surface area contributed by atoms with Crippen LogP contribution in [-0.4, -0.2) is 35.5 Å². The van der Waals surface area contributed by atoms with Gasteiger partial charge in [-0.1, -0.05) is 10.5 Å². The largest absolute Gasteiger partial charge is 0.395 e. The maximum Gasteiger partial charge on any atom is 0.251 e. The quantitative estimate of drug-likeness (QED) is 0.831. The van der Waals surface area contributed by atoms with Crippen LogP contribution in [0.25, 0.3) is 0 Å². The summed E-state index contributed by atoms with van der Waals surface area (Å²) in [6.07, 6.45) is 4.33. The Balaban J connectivity index is 1.34. The SMILES string of the molecule is O=C(NC1CC2CNC1C2)c1ccc(ON2CC=CS2)cc1. The highest BCUT2D eigenvalue weighted by Gasteiger charge is 2.39. The van der Waals surface area contributed by atoms with Crippen molar-refractivity contribution in [2.75, 3.05) is 13.1 Å². The Kier molecular flexibility index (Phi) is 3.82. The molecule has 6 heteroatoms. The van der Waals surface area contributed by atoms with E-state index >= 15 is 0 Å². The molecule has 3 unspecified atom stereocenters. The van der Waals surface area contributed by atoms with Crippen molar-refractivity contribution in [3.8, 4) is 5.75 Å². The molecular weight excluding hydrogens is 298 g/mol. The number of nitrogens with one attached hydrogen (secondary N) is 2. The summed E-state index contributed by atoms with van der Waals surface area (Å²) in [7, 11) is 0. The van der Waals surface area contributed by atoms with E-state index < -0.39 is 0 Å². The molecule has 2 N–H and O–H groups in total. The molecule has 1 aliphatic carbocycles. The number of carbonyl (C=O) groups is 1. The highest BCUT2D eigenvalue weighted by atomic mass is 32.2. The van der Waals surface area contributed by atoms with Crippen LogP contribution in [0.3, 0.4) is 0 Å². The van der Waals surface area contributed by atoms with E-state index in [2.05, 4.69) is 10.6 Å². The van der Waals surface area contributed by atoms with Crippen molar-refractivity contribution in [2.24, 2.45) is 5.92 Å². The molecule has 0 radical (unpaired) electrons. The lowest BCUT2D eigenvalue weighted by atomic mass is 10.1. The van der Waals surface area contributed by atoms with Crippen molar-refractivity contribution in [3.63, 3.8) is 0 Å². The number of benzene rings is 1. The van der Waals surface area contributed by atoms with Crippen LogP contribution in [0.1, 0.15) is 23.2 Å². The third kappa shape index (κ3) is 2.86. The lowest BCUT2D eigenvalue weighted by Gasteiger charge is -2.24. The monoisotopic (exact) mass is 317 g/mol. The number of carbonyl (C=O) groups excluding carboxylic acids is 1. The van der Waals surface area contributed by atoms with E-state index in [0.717, 1.165) is 31.2 Å². The predicted octanol–water partition coefficient (Wildman–Crippen LogP) is 1.94. The Labute approximate surface area is 134 Å². The first kappa shape index (κ1) is 14.1. The van der Waals surface area contributed by atoms with Crippen LogP contribution in [0.4, 0.5) is 0 Å². The van der Waals surface area contributed by atoms with Crippen molar-refractivity contribution in [1.82, 2.24) is 15.1 Å². The smallest absolute Gasteiger partial charge is 0.251 e. The average molecular weight is 317 g/mol. The fourth-order valence-electron chi connectivity index (χ4n) is 3.39. The molecule has 0 spiro atoms. The van der Waals surface area contributed by atoms with Crippen molar-refractivity contribution < 1.29 is 9.63 Å². The van der Waals surface area contributed by atoms with Crippen LogP contribution in [0.5, 0.6) is 5.75 Å². The van der Waals surface area contributed by atoms with Gasteiger partial charge in [-0.3, -0.25) is 4.79 Å². The van der Waals surface area contributed by atoms with E-state index in [1.165, 1.54) is 18.4 Å². The van der Waals surface area contributed by atoms with E-state index in [1.54, 1.807) is 4.47 Å². The highest BCUT2D eigenvalue weighted by Crippen LogP contribution is 2.31. The highest BCUT2D eigenvalue weighted by molar-refractivity contribution is 8.00. The van der Waals surface area contributed by atoms with E-state index in [1.807, 2.05) is 35.7 Å². The topological polar surface area (TPSA) is 53.6 Å². The molecule has 2 bridgehead atoms. The molecule has 0 aromatic heterocycles. The zero-order valence-electron chi connectivity index (χ0n) is 12.2. The molecule has 3 atom stereocenters. The molecular formula is C16H19N3O2S. The molecule has 2 fully saturated rings. The maximum absolute atomic E-state index is 12.3. The summed E-state index contributed by atoms with van der Waals surface area (Å²) in [6, 6.07) is 8.05. The number of rotatable bonds is 4. The van der Waals surface area contributed by atoms with Crippen LogP contribution in [-0.2, 0) is 0 Å². The molecule has 2 heterocycles. The summed E-state index contributed by atoms with van der Waals surface area (Å²) in [6.45, 7) is 1.87. The Morgan fingerprint density at radius 2 is 2.18 bits per heavy atom. The van der Waals surface area contributed by atoms with Crippen molar-refractivity contribution >= 4 is 17.9 Å². The first-order valence-corrected chi connectivity index (χ1v) is 8.53. The maximum atomic E-state index is 12.3. The third-order valence-electron chi connectivity index (χ3n) is 4.50. The average Bonchev–Trinajstić information content (AvgIpc) is 3.25. The minimum absolute atomic E-state index is 0.00288. The summed E-state index contributed by atoms with van der Waals surface area (Å²) >= 11 is 1.52. The van der Waals surface area contributed by atoms with Crippen molar-refractivity contribution in [1.29, 1.82) is 0 Å². The minimum Gasteiger partial charge on any atom is -0.395 e. The van der Waals surface area contributed by atoms with Crippen LogP contribution >= 0.6 is 11.9 Å². The molecule has 22 heavy (non-hydrogen) atoms. The minimum atomic E-state index is 0.00288. The molecule has 116 valence electrons. The molecule has 5 nitrogen and oxygen atoms in total. The number of hydrogen-bond acceptors (Lipinski definition) is 5. The first-order valence-electron chi connectivity index (χ1n) is 7.69. The Morgan fingerprint density at radius 3 is 2.82 bits per heavy atom. The molecule has 4 rings (SSSR count). The zero-order valence-corrected chi connectivity index (χ0v) is 13.0.